The number of aryl methyl sites for hydroxylation is 1. The summed E-state index contributed by atoms with van der Waals surface area (Å²) in [7, 11) is 0. The molecule has 39 heavy (non-hydrogen) atoms. The number of nitrogens with one attached hydrogen (secondary N) is 3. The Morgan fingerprint density at radius 3 is 2.26 bits per heavy atom. The minimum absolute atomic E-state index is 0.194. The highest BCUT2D eigenvalue weighted by Crippen LogP contribution is 2.37. The molecule has 1 atom stereocenters. The predicted molar refractivity (Wildman–Crippen MR) is 153 cm³/mol. The van der Waals surface area contributed by atoms with Gasteiger partial charge in [-0.2, -0.15) is 0 Å². The molecule has 4 amide bonds. The Morgan fingerprint density at radius 2 is 1.59 bits per heavy atom. The van der Waals surface area contributed by atoms with E-state index < -0.39 is 18.0 Å². The molecule has 0 radical (unpaired) electrons. The van der Waals surface area contributed by atoms with Crippen LogP contribution in [0.15, 0.2) is 84.4 Å². The number of esters is 1. The number of ether oxygens (including phenoxy) is 1. The maximum absolute atomic E-state index is 13.4. The number of amides is 4. The number of anilines is 2. The van der Waals surface area contributed by atoms with Crippen LogP contribution in [0.1, 0.15) is 49.9 Å². The molecule has 8 heteroatoms. The predicted octanol–water partition coefficient (Wildman–Crippen LogP) is 6.34. The van der Waals surface area contributed by atoms with Gasteiger partial charge in [-0.1, -0.05) is 68.4 Å². The first-order valence-electron chi connectivity index (χ1n) is 13.3. The lowest BCUT2D eigenvalue weighted by molar-refractivity contribution is -0.138. The minimum Gasteiger partial charge on any atom is -0.463 e. The lowest BCUT2D eigenvalue weighted by atomic mass is 9.91. The molecule has 0 spiro atoms. The van der Waals surface area contributed by atoms with Crippen LogP contribution in [-0.2, 0) is 16.0 Å². The zero-order valence-electron chi connectivity index (χ0n) is 22.5. The maximum atomic E-state index is 13.4. The second kappa shape index (κ2) is 12.8. The Hall–Kier alpha value is -4.59. The molecule has 4 rings (SSSR count). The summed E-state index contributed by atoms with van der Waals surface area (Å²) in [5.41, 5.74) is 4.58. The smallest absolute Gasteiger partial charge is 0.338 e. The number of hydrogen-bond acceptors (Lipinski definition) is 4. The monoisotopic (exact) mass is 526 g/mol. The normalized spacial score (nSPS) is 15.0. The van der Waals surface area contributed by atoms with Crippen molar-refractivity contribution in [2.45, 2.75) is 39.7 Å². The van der Waals surface area contributed by atoms with Gasteiger partial charge in [-0.25, -0.2) is 14.4 Å². The third-order valence-corrected chi connectivity index (χ3v) is 6.39. The van der Waals surface area contributed by atoms with Crippen molar-refractivity contribution in [3.63, 3.8) is 0 Å². The Kier molecular flexibility index (Phi) is 8.99. The van der Waals surface area contributed by atoms with Gasteiger partial charge in [0.1, 0.15) is 0 Å². The van der Waals surface area contributed by atoms with Crippen molar-refractivity contribution < 1.29 is 19.1 Å². The lowest BCUT2D eigenvalue weighted by Crippen LogP contribution is -2.48. The molecule has 1 aliphatic heterocycles. The van der Waals surface area contributed by atoms with Crippen molar-refractivity contribution in [1.82, 2.24) is 10.2 Å². The van der Waals surface area contributed by atoms with Crippen LogP contribution in [0.3, 0.4) is 0 Å². The molecule has 1 unspecified atom stereocenters. The number of rotatable bonds is 9. The summed E-state index contributed by atoms with van der Waals surface area (Å²) in [6, 6.07) is 22.7. The van der Waals surface area contributed by atoms with E-state index in [-0.39, 0.29) is 12.6 Å². The van der Waals surface area contributed by atoms with Gasteiger partial charge in [0.2, 0.25) is 0 Å². The van der Waals surface area contributed by atoms with Crippen molar-refractivity contribution in [1.29, 1.82) is 0 Å². The van der Waals surface area contributed by atoms with Crippen LogP contribution in [0.2, 0.25) is 0 Å². The van der Waals surface area contributed by atoms with Crippen molar-refractivity contribution in [2.24, 2.45) is 0 Å². The van der Waals surface area contributed by atoms with E-state index in [1.54, 1.807) is 30.0 Å². The summed E-state index contributed by atoms with van der Waals surface area (Å²) >= 11 is 0. The van der Waals surface area contributed by atoms with Crippen LogP contribution in [0.4, 0.5) is 21.0 Å². The largest absolute Gasteiger partial charge is 0.463 e. The van der Waals surface area contributed by atoms with E-state index in [0.717, 1.165) is 17.5 Å². The van der Waals surface area contributed by atoms with Crippen LogP contribution < -0.4 is 16.0 Å². The van der Waals surface area contributed by atoms with Crippen molar-refractivity contribution in [3.8, 4) is 0 Å². The summed E-state index contributed by atoms with van der Waals surface area (Å²) in [5, 5.41) is 8.70. The quantitative estimate of drug-likeness (QED) is 0.283. The summed E-state index contributed by atoms with van der Waals surface area (Å²) in [5.74, 6) is -0.505. The van der Waals surface area contributed by atoms with E-state index in [2.05, 4.69) is 22.9 Å². The highest BCUT2D eigenvalue weighted by Gasteiger charge is 2.38. The molecule has 0 saturated carbocycles. The fraction of sp³-hybridized carbons (Fsp3) is 0.258. The second-order valence-electron chi connectivity index (χ2n) is 9.14. The number of nitrogens with zero attached hydrogens (tertiary/aromatic N) is 1. The molecule has 3 aromatic rings. The molecule has 1 aliphatic rings. The van der Waals surface area contributed by atoms with Crippen LogP contribution in [0, 0.1) is 0 Å². The van der Waals surface area contributed by atoms with Crippen LogP contribution >= 0.6 is 0 Å². The molecule has 8 nitrogen and oxygen atoms in total. The second-order valence-corrected chi connectivity index (χ2v) is 9.14. The SMILES string of the molecule is CCCN1C(=O)NC(c2cccc(NC(=O)Nc3cccc(CC)c3)c2)C(C(=O)OCC)=C1c1ccccc1. The van der Waals surface area contributed by atoms with Gasteiger partial charge in [-0.05, 0) is 60.7 Å². The third-order valence-electron chi connectivity index (χ3n) is 6.39. The summed E-state index contributed by atoms with van der Waals surface area (Å²) in [4.78, 5) is 41.1. The molecule has 0 aliphatic carbocycles. The van der Waals surface area contributed by atoms with E-state index in [1.165, 1.54) is 0 Å². The average Bonchev–Trinajstić information content (AvgIpc) is 2.94. The molecule has 0 saturated heterocycles. The minimum atomic E-state index is -0.772. The van der Waals surface area contributed by atoms with Crippen LogP contribution in [0.25, 0.3) is 5.70 Å². The van der Waals surface area contributed by atoms with Crippen molar-refractivity contribution in [3.05, 3.63) is 101 Å². The third kappa shape index (κ3) is 6.46. The Bertz CT molecular complexity index is 1370. The van der Waals surface area contributed by atoms with E-state index in [1.807, 2.05) is 67.6 Å². The standard InChI is InChI=1S/C31H34N4O4/c1-4-18-35-28(22-13-8-7-9-14-22)26(29(36)39-6-3)27(34-31(35)38)23-15-11-17-25(20-23)33-30(37)32-24-16-10-12-21(5-2)19-24/h7-17,19-20,27H,4-6,18H2,1-3H3,(H,34,38)(H2,32,33,37). The van der Waals surface area contributed by atoms with Gasteiger partial charge in [0.25, 0.3) is 0 Å². The molecular weight excluding hydrogens is 492 g/mol. The number of carbonyl (C=O) groups excluding carboxylic acids is 3. The molecule has 3 aromatic carbocycles. The van der Waals surface area contributed by atoms with Gasteiger partial charge in [-0.3, -0.25) is 4.90 Å². The van der Waals surface area contributed by atoms with Crippen molar-refractivity contribution in [2.75, 3.05) is 23.8 Å². The van der Waals surface area contributed by atoms with Gasteiger partial charge in [0, 0.05) is 17.9 Å². The average molecular weight is 527 g/mol. The van der Waals surface area contributed by atoms with E-state index in [4.69, 9.17) is 4.74 Å². The highest BCUT2D eigenvalue weighted by atomic mass is 16.5. The van der Waals surface area contributed by atoms with Gasteiger partial charge < -0.3 is 20.7 Å². The fourth-order valence-electron chi connectivity index (χ4n) is 4.63. The number of hydrogen-bond donors (Lipinski definition) is 3. The van der Waals surface area contributed by atoms with Gasteiger partial charge in [-0.15, -0.1) is 0 Å². The first-order chi connectivity index (χ1) is 18.9. The number of carbonyl (C=O) groups is 3. The van der Waals surface area contributed by atoms with Gasteiger partial charge in [0.15, 0.2) is 0 Å². The molecule has 0 aromatic heterocycles. The lowest BCUT2D eigenvalue weighted by Gasteiger charge is -2.37. The van der Waals surface area contributed by atoms with E-state index >= 15 is 0 Å². The Morgan fingerprint density at radius 1 is 0.897 bits per heavy atom. The highest BCUT2D eigenvalue weighted by molar-refractivity contribution is 6.05. The molecule has 202 valence electrons. The molecule has 3 N–H and O–H groups in total. The molecular formula is C31H34N4O4. The molecule has 1 heterocycles. The number of urea groups is 2. The first-order valence-corrected chi connectivity index (χ1v) is 13.3. The van der Waals surface area contributed by atoms with Crippen LogP contribution in [0.5, 0.6) is 0 Å². The number of benzene rings is 3. The topological polar surface area (TPSA) is 99.8 Å². The van der Waals surface area contributed by atoms with Crippen LogP contribution in [-0.4, -0.2) is 36.1 Å². The van der Waals surface area contributed by atoms with Crippen molar-refractivity contribution >= 4 is 35.1 Å². The van der Waals surface area contributed by atoms with Gasteiger partial charge in [0.05, 0.1) is 23.9 Å². The maximum Gasteiger partial charge on any atom is 0.338 e. The zero-order valence-corrected chi connectivity index (χ0v) is 22.5. The van der Waals surface area contributed by atoms with E-state index in [9.17, 15) is 14.4 Å². The Labute approximate surface area is 229 Å². The fourth-order valence-corrected chi connectivity index (χ4v) is 4.63. The van der Waals surface area contributed by atoms with Gasteiger partial charge >= 0.3 is 18.0 Å². The summed E-state index contributed by atoms with van der Waals surface area (Å²) in [6.45, 7) is 6.41. The molecule has 0 bridgehead atoms. The molecule has 0 fully saturated rings. The summed E-state index contributed by atoms with van der Waals surface area (Å²) in [6.07, 6.45) is 1.57. The Balaban J connectivity index is 1.70. The summed E-state index contributed by atoms with van der Waals surface area (Å²) < 4.78 is 5.47. The zero-order chi connectivity index (χ0) is 27.8. The van der Waals surface area contributed by atoms with E-state index in [0.29, 0.717) is 41.2 Å². The first kappa shape index (κ1) is 27.4.